The maximum absolute atomic E-state index is 13.5. The molecular formula is C18H21F2N3O2S. The molecule has 3 rings (SSSR count). The molecule has 8 heteroatoms. The number of rotatable bonds is 4. The quantitative estimate of drug-likeness (QED) is 0.796. The minimum absolute atomic E-state index is 0.0698. The average Bonchev–Trinajstić information content (AvgIpc) is 2.61. The highest BCUT2D eigenvalue weighted by Crippen LogP contribution is 2.33. The average molecular weight is 381 g/mol. The molecule has 1 fully saturated rings. The Bertz CT molecular complexity index is 906. The summed E-state index contributed by atoms with van der Waals surface area (Å²) in [5, 5.41) is 3.26. The largest absolute Gasteiger partial charge is 0.398 e. The lowest BCUT2D eigenvalue weighted by Gasteiger charge is -2.31. The number of sulfone groups is 1. The smallest absolute Gasteiger partial charge is 0.208 e. The molecule has 0 amide bonds. The van der Waals surface area contributed by atoms with Crippen molar-refractivity contribution in [2.45, 2.75) is 23.1 Å². The zero-order valence-corrected chi connectivity index (χ0v) is 15.2. The van der Waals surface area contributed by atoms with Gasteiger partial charge < -0.3 is 16.0 Å². The van der Waals surface area contributed by atoms with Gasteiger partial charge in [-0.15, -0.1) is 0 Å². The Hall–Kier alpha value is -2.19. The zero-order valence-electron chi connectivity index (χ0n) is 14.4. The van der Waals surface area contributed by atoms with E-state index in [2.05, 4.69) is 10.2 Å². The number of hydrogen-bond donors (Lipinski definition) is 2. The summed E-state index contributed by atoms with van der Waals surface area (Å²) >= 11 is 0. The molecule has 0 radical (unpaired) electrons. The van der Waals surface area contributed by atoms with Crippen LogP contribution >= 0.6 is 0 Å². The summed E-state index contributed by atoms with van der Waals surface area (Å²) in [6.07, 6.45) is 0.611. The lowest BCUT2D eigenvalue weighted by Crippen LogP contribution is -2.44. The van der Waals surface area contributed by atoms with Crippen molar-refractivity contribution in [3.8, 4) is 0 Å². The summed E-state index contributed by atoms with van der Waals surface area (Å²) in [4.78, 5) is 1.58. The lowest BCUT2D eigenvalue weighted by atomic mass is 10.1. The minimum Gasteiger partial charge on any atom is -0.398 e. The topological polar surface area (TPSA) is 75.4 Å². The Kier molecular flexibility index (Phi) is 5.15. The molecule has 0 atom stereocenters. The van der Waals surface area contributed by atoms with E-state index in [9.17, 15) is 17.2 Å². The van der Waals surface area contributed by atoms with Crippen molar-refractivity contribution in [1.29, 1.82) is 0 Å². The van der Waals surface area contributed by atoms with Crippen LogP contribution in [0, 0.1) is 11.6 Å². The second-order valence-corrected chi connectivity index (χ2v) is 8.14. The van der Waals surface area contributed by atoms with Crippen LogP contribution in [0.5, 0.6) is 0 Å². The van der Waals surface area contributed by atoms with E-state index in [4.69, 9.17) is 5.73 Å². The Labute approximate surface area is 151 Å². The van der Waals surface area contributed by atoms with Crippen molar-refractivity contribution in [2.24, 2.45) is 0 Å². The number of benzene rings is 2. The fourth-order valence-electron chi connectivity index (χ4n) is 3.15. The van der Waals surface area contributed by atoms with E-state index in [1.165, 1.54) is 6.07 Å². The monoisotopic (exact) mass is 381 g/mol. The molecule has 0 aliphatic carbocycles. The SMILES string of the molecule is CCc1cc(S(=O)(=O)c2cc(F)cc(F)c2)c(N)cc1N1CCNCC1. The lowest BCUT2D eigenvalue weighted by molar-refractivity contribution is 0.567. The van der Waals surface area contributed by atoms with Gasteiger partial charge in [0.15, 0.2) is 0 Å². The van der Waals surface area contributed by atoms with Gasteiger partial charge in [-0.3, -0.25) is 0 Å². The third-order valence-corrected chi connectivity index (χ3v) is 6.27. The summed E-state index contributed by atoms with van der Waals surface area (Å²) in [7, 11) is -4.13. The Balaban J connectivity index is 2.10. The number of nitrogens with one attached hydrogen (secondary N) is 1. The Morgan fingerprint density at radius 2 is 1.69 bits per heavy atom. The number of aryl methyl sites for hydroxylation is 1. The van der Waals surface area contributed by atoms with E-state index in [-0.39, 0.29) is 10.6 Å². The molecule has 5 nitrogen and oxygen atoms in total. The molecule has 3 N–H and O–H groups in total. The van der Waals surface area contributed by atoms with Crippen LogP contribution in [0.1, 0.15) is 12.5 Å². The number of piperazine rings is 1. The van der Waals surface area contributed by atoms with Crippen molar-refractivity contribution in [2.75, 3.05) is 36.8 Å². The molecule has 1 aliphatic rings. The van der Waals surface area contributed by atoms with Gasteiger partial charge in [0.25, 0.3) is 0 Å². The predicted octanol–water partition coefficient (Wildman–Crippen LogP) is 2.35. The molecule has 2 aromatic rings. The summed E-state index contributed by atoms with van der Waals surface area (Å²) < 4.78 is 52.7. The molecule has 26 heavy (non-hydrogen) atoms. The normalized spacial score (nSPS) is 15.3. The molecule has 1 heterocycles. The first-order valence-corrected chi connectivity index (χ1v) is 9.90. The maximum atomic E-state index is 13.5. The highest BCUT2D eigenvalue weighted by Gasteiger charge is 2.25. The molecule has 0 bridgehead atoms. The fourth-order valence-corrected chi connectivity index (χ4v) is 4.61. The maximum Gasteiger partial charge on any atom is 0.208 e. The minimum atomic E-state index is -4.13. The molecule has 2 aromatic carbocycles. The Morgan fingerprint density at radius 3 is 2.27 bits per heavy atom. The van der Waals surface area contributed by atoms with Crippen molar-refractivity contribution < 1.29 is 17.2 Å². The molecule has 0 unspecified atom stereocenters. The summed E-state index contributed by atoms with van der Waals surface area (Å²) in [6.45, 7) is 5.20. The van der Waals surface area contributed by atoms with Crippen LogP contribution in [-0.2, 0) is 16.3 Å². The molecule has 140 valence electrons. The van der Waals surface area contributed by atoms with Gasteiger partial charge in [-0.05, 0) is 36.2 Å². The molecule has 0 spiro atoms. The van der Waals surface area contributed by atoms with Gasteiger partial charge >= 0.3 is 0 Å². The summed E-state index contributed by atoms with van der Waals surface area (Å²) in [6, 6.07) is 5.40. The standard InChI is InChI=1S/C18H21F2N3O2S/c1-2-12-7-18(16(21)11-17(12)23-5-3-22-4-6-23)26(24,25)15-9-13(19)8-14(20)10-15/h7-11,22H,2-6,21H2,1H3. The number of nitrogen functional groups attached to an aromatic ring is 1. The van der Waals surface area contributed by atoms with Crippen molar-refractivity contribution in [3.05, 3.63) is 47.5 Å². The van der Waals surface area contributed by atoms with E-state index in [0.29, 0.717) is 12.5 Å². The number of hydrogen-bond acceptors (Lipinski definition) is 5. The molecule has 1 aliphatic heterocycles. The van der Waals surface area contributed by atoms with Crippen LogP contribution in [0.3, 0.4) is 0 Å². The van der Waals surface area contributed by atoms with Gasteiger partial charge in [-0.25, -0.2) is 17.2 Å². The van der Waals surface area contributed by atoms with Crippen molar-refractivity contribution in [1.82, 2.24) is 5.32 Å². The van der Waals surface area contributed by atoms with Crippen LogP contribution in [0.25, 0.3) is 0 Å². The van der Waals surface area contributed by atoms with E-state index >= 15 is 0 Å². The number of nitrogens with zero attached hydrogens (tertiary/aromatic N) is 1. The highest BCUT2D eigenvalue weighted by molar-refractivity contribution is 7.91. The van der Waals surface area contributed by atoms with E-state index in [1.54, 1.807) is 6.07 Å². The van der Waals surface area contributed by atoms with Gasteiger partial charge in [0.1, 0.15) is 11.6 Å². The Morgan fingerprint density at radius 1 is 1.08 bits per heavy atom. The molecule has 0 saturated carbocycles. The van der Waals surface area contributed by atoms with Crippen LogP contribution in [0.2, 0.25) is 0 Å². The van der Waals surface area contributed by atoms with Gasteiger partial charge in [0.05, 0.1) is 15.5 Å². The molecule has 1 saturated heterocycles. The van der Waals surface area contributed by atoms with Crippen LogP contribution in [-0.4, -0.2) is 34.6 Å². The first-order chi connectivity index (χ1) is 12.3. The zero-order chi connectivity index (χ0) is 18.9. The second-order valence-electron chi connectivity index (χ2n) is 6.22. The molecule has 0 aromatic heterocycles. The van der Waals surface area contributed by atoms with E-state index < -0.39 is 26.4 Å². The summed E-state index contributed by atoms with van der Waals surface area (Å²) in [5.74, 6) is -1.90. The van der Waals surface area contributed by atoms with Gasteiger partial charge in [0, 0.05) is 37.9 Å². The highest BCUT2D eigenvalue weighted by atomic mass is 32.2. The fraction of sp³-hybridized carbons (Fsp3) is 0.333. The number of anilines is 2. The predicted molar refractivity (Wildman–Crippen MR) is 97.1 cm³/mol. The van der Waals surface area contributed by atoms with E-state index in [0.717, 1.165) is 49.6 Å². The third kappa shape index (κ3) is 3.52. The molecular weight excluding hydrogens is 360 g/mol. The van der Waals surface area contributed by atoms with Gasteiger partial charge in [-0.1, -0.05) is 6.92 Å². The van der Waals surface area contributed by atoms with Gasteiger partial charge in [-0.2, -0.15) is 0 Å². The van der Waals surface area contributed by atoms with Crippen LogP contribution < -0.4 is 16.0 Å². The first-order valence-electron chi connectivity index (χ1n) is 8.42. The van der Waals surface area contributed by atoms with Crippen LogP contribution in [0.15, 0.2) is 40.1 Å². The third-order valence-electron chi connectivity index (χ3n) is 4.49. The second kappa shape index (κ2) is 7.20. The number of halogens is 2. The van der Waals surface area contributed by atoms with Gasteiger partial charge in [0.2, 0.25) is 9.84 Å². The van der Waals surface area contributed by atoms with E-state index in [1.807, 2.05) is 6.92 Å². The number of nitrogens with two attached hydrogens (primary N) is 1. The first kappa shape index (κ1) is 18.6. The van der Waals surface area contributed by atoms with Crippen molar-refractivity contribution in [3.63, 3.8) is 0 Å². The summed E-state index contributed by atoms with van der Waals surface area (Å²) in [5.41, 5.74) is 7.84. The van der Waals surface area contributed by atoms with Crippen molar-refractivity contribution >= 4 is 21.2 Å². The van der Waals surface area contributed by atoms with Crippen LogP contribution in [0.4, 0.5) is 20.2 Å².